The summed E-state index contributed by atoms with van der Waals surface area (Å²) in [5.74, 6) is -0.337. The van der Waals surface area contributed by atoms with Gasteiger partial charge >= 0.3 is 0 Å². The second-order valence-electron chi connectivity index (χ2n) is 9.14. The monoisotopic (exact) mass is 522 g/mol. The molecular weight excluding hydrogens is 499 g/mol. The molecule has 1 amide bonds. The lowest BCUT2D eigenvalue weighted by Crippen LogP contribution is -2.11. The maximum absolute atomic E-state index is 14.0. The number of phenols is 1. The van der Waals surface area contributed by atoms with Gasteiger partial charge in [0.1, 0.15) is 22.8 Å². The van der Waals surface area contributed by atoms with Gasteiger partial charge in [-0.3, -0.25) is 24.8 Å². The molecule has 0 radical (unpaired) electrons. The molecule has 0 bridgehead atoms. The minimum Gasteiger partial charge on any atom is -0.508 e. The van der Waals surface area contributed by atoms with Gasteiger partial charge in [-0.25, -0.2) is 9.37 Å². The quantitative estimate of drug-likeness (QED) is 0.214. The van der Waals surface area contributed by atoms with Crippen molar-refractivity contribution in [2.24, 2.45) is 0 Å². The van der Waals surface area contributed by atoms with Crippen LogP contribution in [0, 0.1) is 5.82 Å². The first-order valence-corrected chi connectivity index (χ1v) is 12.4. The number of hydrogen-bond acceptors (Lipinski definition) is 7. The molecule has 4 N–H and O–H groups in total. The first-order chi connectivity index (χ1) is 19.0. The fourth-order valence-electron chi connectivity index (χ4n) is 4.43. The van der Waals surface area contributed by atoms with Gasteiger partial charge in [0, 0.05) is 41.4 Å². The number of anilines is 1. The van der Waals surface area contributed by atoms with Crippen LogP contribution in [0.25, 0.3) is 56.0 Å². The molecule has 0 aliphatic carbocycles. The number of pyridine rings is 3. The van der Waals surface area contributed by atoms with E-state index in [0.29, 0.717) is 57.1 Å². The second kappa shape index (κ2) is 9.93. The summed E-state index contributed by atoms with van der Waals surface area (Å²) in [4.78, 5) is 33.4. The first kappa shape index (κ1) is 24.2. The van der Waals surface area contributed by atoms with E-state index in [9.17, 15) is 14.3 Å². The normalized spacial score (nSPS) is 11.3. The smallest absolute Gasteiger partial charge is 0.224 e. The number of aromatic hydroxyl groups is 1. The van der Waals surface area contributed by atoms with Crippen molar-refractivity contribution in [1.82, 2.24) is 35.1 Å². The van der Waals surface area contributed by atoms with Gasteiger partial charge in [-0.05, 0) is 36.8 Å². The van der Waals surface area contributed by atoms with Crippen molar-refractivity contribution in [2.75, 3.05) is 5.32 Å². The van der Waals surface area contributed by atoms with Crippen molar-refractivity contribution < 1.29 is 14.3 Å². The fourth-order valence-corrected chi connectivity index (χ4v) is 4.43. The summed E-state index contributed by atoms with van der Waals surface area (Å²) >= 11 is 0. The summed E-state index contributed by atoms with van der Waals surface area (Å²) in [5.41, 5.74) is 5.28. The first-order valence-electron chi connectivity index (χ1n) is 12.4. The highest BCUT2D eigenvalue weighted by atomic mass is 19.1. The number of rotatable bonds is 7. The Labute approximate surface area is 221 Å². The van der Waals surface area contributed by atoms with E-state index in [-0.39, 0.29) is 11.7 Å². The molecule has 0 fully saturated rings. The van der Waals surface area contributed by atoms with Crippen molar-refractivity contribution in [3.05, 3.63) is 67.0 Å². The molecule has 6 aromatic rings. The molecule has 11 heteroatoms. The number of carbonyl (C=O) groups excluding carboxylic acids is 1. The van der Waals surface area contributed by atoms with E-state index >= 15 is 0 Å². The van der Waals surface area contributed by atoms with Crippen LogP contribution in [0.4, 0.5) is 10.1 Å². The number of benzene rings is 1. The van der Waals surface area contributed by atoms with Crippen molar-refractivity contribution >= 4 is 33.5 Å². The number of carbonyl (C=O) groups is 1. The number of unbranched alkanes of at least 4 members (excludes halogenated alkanes) is 1. The predicted molar refractivity (Wildman–Crippen MR) is 145 cm³/mol. The molecule has 0 unspecified atom stereocenters. The summed E-state index contributed by atoms with van der Waals surface area (Å²) in [6.45, 7) is 2.04. The Balaban J connectivity index is 1.38. The van der Waals surface area contributed by atoms with Crippen LogP contribution in [0.1, 0.15) is 26.2 Å². The van der Waals surface area contributed by atoms with Gasteiger partial charge in [0.2, 0.25) is 5.91 Å². The van der Waals surface area contributed by atoms with Crippen LogP contribution in [-0.4, -0.2) is 46.1 Å². The number of phenolic OH excluding ortho intramolecular Hbond substituents is 1. The maximum Gasteiger partial charge on any atom is 0.224 e. The van der Waals surface area contributed by atoms with Crippen LogP contribution in [0.15, 0.2) is 61.2 Å². The largest absolute Gasteiger partial charge is 0.508 e. The van der Waals surface area contributed by atoms with E-state index in [2.05, 4.69) is 35.5 Å². The molecule has 1 aromatic carbocycles. The molecule has 0 saturated carbocycles. The minimum absolute atomic E-state index is 0.0523. The van der Waals surface area contributed by atoms with Crippen LogP contribution in [0.5, 0.6) is 5.75 Å². The average molecular weight is 523 g/mol. The molecule has 0 saturated heterocycles. The van der Waals surface area contributed by atoms with E-state index in [0.717, 1.165) is 29.9 Å². The molecule has 0 aliphatic rings. The number of fused-ring (bicyclic) bond motifs is 2. The lowest BCUT2D eigenvalue weighted by Gasteiger charge is -2.07. The van der Waals surface area contributed by atoms with E-state index in [1.165, 1.54) is 12.1 Å². The van der Waals surface area contributed by atoms with Crippen molar-refractivity contribution in [2.45, 2.75) is 26.2 Å². The highest BCUT2D eigenvalue weighted by Gasteiger charge is 2.18. The van der Waals surface area contributed by atoms with E-state index < -0.39 is 5.82 Å². The highest BCUT2D eigenvalue weighted by molar-refractivity contribution is 5.97. The van der Waals surface area contributed by atoms with Crippen molar-refractivity contribution in [3.63, 3.8) is 0 Å². The number of aromatic nitrogens is 7. The molecule has 6 rings (SSSR count). The Hall–Kier alpha value is -5.19. The summed E-state index contributed by atoms with van der Waals surface area (Å²) in [6.07, 6.45) is 8.78. The third kappa shape index (κ3) is 4.77. The number of aromatic amines is 2. The zero-order valence-electron chi connectivity index (χ0n) is 20.9. The van der Waals surface area contributed by atoms with Crippen LogP contribution >= 0.6 is 0 Å². The molecule has 0 spiro atoms. The van der Waals surface area contributed by atoms with Gasteiger partial charge in [0.05, 0.1) is 40.5 Å². The highest BCUT2D eigenvalue weighted by Crippen LogP contribution is 2.33. The standard InChI is InChI=1S/C28H23FN8O2/c1-2-3-4-24(39)33-18-8-16(12-30-13-18)22-11-20-23(14-32-22)36-37-26(20)28-34-21-5-6-31-25(27(21)35-28)15-7-17(29)10-19(38)9-15/h5-14,38H,2-4H2,1H3,(H,33,39)(H,34,35)(H,36,37). The lowest BCUT2D eigenvalue weighted by atomic mass is 10.1. The minimum atomic E-state index is -0.572. The van der Waals surface area contributed by atoms with E-state index in [4.69, 9.17) is 4.98 Å². The van der Waals surface area contributed by atoms with Crippen LogP contribution in [0.2, 0.25) is 0 Å². The topological polar surface area (TPSA) is 145 Å². The van der Waals surface area contributed by atoms with Gasteiger partial charge < -0.3 is 15.4 Å². The van der Waals surface area contributed by atoms with Crippen LogP contribution in [0.3, 0.4) is 0 Å². The fraction of sp³-hybridized carbons (Fsp3) is 0.143. The number of nitrogens with one attached hydrogen (secondary N) is 3. The number of nitrogens with zero attached hydrogens (tertiary/aromatic N) is 5. The molecule has 0 aliphatic heterocycles. The summed E-state index contributed by atoms with van der Waals surface area (Å²) in [5, 5.41) is 21.0. The average Bonchev–Trinajstić information content (AvgIpc) is 3.55. The van der Waals surface area contributed by atoms with Gasteiger partial charge in [0.15, 0.2) is 5.82 Å². The van der Waals surface area contributed by atoms with Gasteiger partial charge in [-0.2, -0.15) is 5.10 Å². The summed E-state index contributed by atoms with van der Waals surface area (Å²) in [6, 6.07) is 9.25. The Morgan fingerprint density at radius 2 is 1.92 bits per heavy atom. The van der Waals surface area contributed by atoms with E-state index in [1.54, 1.807) is 30.9 Å². The molecule has 5 aromatic heterocycles. The Morgan fingerprint density at radius 3 is 2.77 bits per heavy atom. The number of hydrogen-bond donors (Lipinski definition) is 4. The number of halogens is 1. The van der Waals surface area contributed by atoms with Crippen molar-refractivity contribution in [1.29, 1.82) is 0 Å². The molecule has 0 atom stereocenters. The SMILES string of the molecule is CCCCC(=O)Nc1cncc(-c2cc3c(-c4nc5c(-c6cc(O)cc(F)c6)nccc5[nH]4)n[nH]c3cn2)c1. The molecular formula is C28H23FN8O2. The summed E-state index contributed by atoms with van der Waals surface area (Å²) < 4.78 is 14.0. The molecule has 10 nitrogen and oxygen atoms in total. The Morgan fingerprint density at radius 1 is 1.03 bits per heavy atom. The maximum atomic E-state index is 14.0. The molecule has 5 heterocycles. The van der Waals surface area contributed by atoms with Gasteiger partial charge in [-0.15, -0.1) is 0 Å². The summed E-state index contributed by atoms with van der Waals surface area (Å²) in [7, 11) is 0. The van der Waals surface area contributed by atoms with Crippen LogP contribution < -0.4 is 5.32 Å². The van der Waals surface area contributed by atoms with Crippen molar-refractivity contribution in [3.8, 4) is 39.8 Å². The lowest BCUT2D eigenvalue weighted by molar-refractivity contribution is -0.116. The number of amides is 1. The number of H-pyrrole nitrogens is 2. The second-order valence-corrected chi connectivity index (χ2v) is 9.14. The predicted octanol–water partition coefficient (Wildman–Crippen LogP) is 5.60. The van der Waals surface area contributed by atoms with Gasteiger partial charge in [-0.1, -0.05) is 13.3 Å². The third-order valence-electron chi connectivity index (χ3n) is 6.30. The van der Waals surface area contributed by atoms with E-state index in [1.807, 2.05) is 19.1 Å². The Bertz CT molecular complexity index is 1820. The molecule has 39 heavy (non-hydrogen) atoms. The third-order valence-corrected chi connectivity index (χ3v) is 6.30. The Kier molecular flexibility index (Phi) is 6.16. The number of imidazole rings is 1. The zero-order valence-corrected chi connectivity index (χ0v) is 20.9. The van der Waals surface area contributed by atoms with Gasteiger partial charge in [0.25, 0.3) is 0 Å². The molecule has 194 valence electrons. The zero-order chi connectivity index (χ0) is 26.9. The van der Waals surface area contributed by atoms with Crippen LogP contribution in [-0.2, 0) is 4.79 Å².